The number of carbonyl (C=O) groups excluding carboxylic acids is 2. The van der Waals surface area contributed by atoms with Gasteiger partial charge >= 0.3 is 0 Å². The number of anilines is 2. The molecule has 57 heavy (non-hydrogen) atoms. The van der Waals surface area contributed by atoms with E-state index >= 15 is 0 Å². The third-order valence-electron chi connectivity index (χ3n) is 9.80. The maximum atomic E-state index is 13.8. The number of fused-ring (bicyclic) bond motifs is 1. The van der Waals surface area contributed by atoms with Gasteiger partial charge in [0.2, 0.25) is 10.0 Å². The summed E-state index contributed by atoms with van der Waals surface area (Å²) in [6, 6.07) is 20.5. The second kappa shape index (κ2) is 16.6. The van der Waals surface area contributed by atoms with Gasteiger partial charge in [0.1, 0.15) is 17.4 Å². The Bertz CT molecular complexity index is 2590. The van der Waals surface area contributed by atoms with Gasteiger partial charge in [-0.15, -0.1) is 0 Å². The Morgan fingerprint density at radius 3 is 2.35 bits per heavy atom. The number of hydrogen-bond acceptors (Lipinski definition) is 9. The second-order valence-electron chi connectivity index (χ2n) is 15.2. The standard InChI is InChI=1S/C44H48N6O6S/c1-27-11-13-31(43(52)48-37-24-33(44(3,4)5)25-38(42(37)56-7)49-57(8,53)54)23-35(27)30-14-16-36-32(22-30)26-46-41(47-36)21-29-12-15-34(40(20-29)55-6)39(51)10-9-18-50-19-17-45-28(50)2/h11-17,19-20,22-26,49H,9-10,18,21H2,1-8H3,(H,48,52). The predicted molar refractivity (Wildman–Crippen MR) is 224 cm³/mol. The Kier molecular flexibility index (Phi) is 11.8. The number of methoxy groups -OCH3 is 2. The molecule has 0 atom stereocenters. The molecule has 0 aliphatic carbocycles. The fourth-order valence-electron chi connectivity index (χ4n) is 6.69. The van der Waals surface area contributed by atoms with Gasteiger partial charge in [0.15, 0.2) is 11.5 Å². The topological polar surface area (TPSA) is 154 Å². The molecule has 6 aromatic rings. The normalized spacial score (nSPS) is 11.7. The van der Waals surface area contributed by atoms with Crippen molar-refractivity contribution in [2.24, 2.45) is 0 Å². The van der Waals surface area contributed by atoms with Crippen molar-refractivity contribution in [2.45, 2.75) is 65.8 Å². The zero-order valence-electron chi connectivity index (χ0n) is 33.6. The summed E-state index contributed by atoms with van der Waals surface area (Å²) in [5, 5.41) is 3.79. The van der Waals surface area contributed by atoms with E-state index in [4.69, 9.17) is 14.5 Å². The lowest BCUT2D eigenvalue weighted by Crippen LogP contribution is -2.18. The van der Waals surface area contributed by atoms with Crippen molar-refractivity contribution in [3.63, 3.8) is 0 Å². The Labute approximate surface area is 333 Å². The van der Waals surface area contributed by atoms with Crippen LogP contribution >= 0.6 is 0 Å². The summed E-state index contributed by atoms with van der Waals surface area (Å²) in [6.07, 6.45) is 8.09. The summed E-state index contributed by atoms with van der Waals surface area (Å²) in [5.74, 6) is 1.93. The van der Waals surface area contributed by atoms with Crippen LogP contribution in [0.25, 0.3) is 22.0 Å². The largest absolute Gasteiger partial charge is 0.496 e. The quantitative estimate of drug-likeness (QED) is 0.104. The number of aryl methyl sites for hydroxylation is 3. The van der Waals surface area contributed by atoms with Crippen LogP contribution in [0.2, 0.25) is 0 Å². The van der Waals surface area contributed by atoms with Crippen LogP contribution in [0.4, 0.5) is 11.4 Å². The molecule has 0 aliphatic rings. The van der Waals surface area contributed by atoms with Crippen molar-refractivity contribution in [1.82, 2.24) is 19.5 Å². The molecule has 1 amide bonds. The van der Waals surface area contributed by atoms with Crippen LogP contribution < -0.4 is 19.5 Å². The third-order valence-corrected chi connectivity index (χ3v) is 10.4. The van der Waals surface area contributed by atoms with Gasteiger partial charge in [0, 0.05) is 48.9 Å². The molecular weight excluding hydrogens is 741 g/mol. The van der Waals surface area contributed by atoms with Crippen molar-refractivity contribution in [2.75, 3.05) is 30.5 Å². The number of ketones is 1. The maximum Gasteiger partial charge on any atom is 0.255 e. The van der Waals surface area contributed by atoms with Gasteiger partial charge in [-0.2, -0.15) is 0 Å². The van der Waals surface area contributed by atoms with E-state index in [9.17, 15) is 18.0 Å². The maximum absolute atomic E-state index is 13.8. The summed E-state index contributed by atoms with van der Waals surface area (Å²) in [7, 11) is -0.631. The van der Waals surface area contributed by atoms with Crippen molar-refractivity contribution in [1.29, 1.82) is 0 Å². The predicted octanol–water partition coefficient (Wildman–Crippen LogP) is 8.30. The summed E-state index contributed by atoms with van der Waals surface area (Å²) >= 11 is 0. The molecule has 12 nitrogen and oxygen atoms in total. The van der Waals surface area contributed by atoms with E-state index in [2.05, 4.69) is 20.0 Å². The smallest absolute Gasteiger partial charge is 0.255 e. The van der Waals surface area contributed by atoms with E-state index in [1.54, 1.807) is 37.7 Å². The Morgan fingerprint density at radius 2 is 1.67 bits per heavy atom. The number of benzene rings is 4. The Morgan fingerprint density at radius 1 is 0.895 bits per heavy atom. The molecule has 0 unspecified atom stereocenters. The van der Waals surface area contributed by atoms with Crippen LogP contribution in [-0.2, 0) is 28.4 Å². The molecule has 0 aliphatic heterocycles. The number of ether oxygens (including phenoxy) is 2. The van der Waals surface area contributed by atoms with Crippen LogP contribution in [0.1, 0.15) is 82.7 Å². The number of amides is 1. The van der Waals surface area contributed by atoms with Crippen LogP contribution in [-0.4, -0.2) is 60.1 Å². The van der Waals surface area contributed by atoms with Crippen molar-refractivity contribution < 1.29 is 27.5 Å². The van der Waals surface area contributed by atoms with E-state index in [0.29, 0.717) is 47.7 Å². The van der Waals surface area contributed by atoms with E-state index in [-0.39, 0.29) is 28.5 Å². The first-order valence-corrected chi connectivity index (χ1v) is 20.5. The molecule has 0 saturated carbocycles. The molecular formula is C44H48N6O6S. The number of aromatic nitrogens is 4. The second-order valence-corrected chi connectivity index (χ2v) is 16.9. The lowest BCUT2D eigenvalue weighted by Gasteiger charge is -2.24. The van der Waals surface area contributed by atoms with Crippen molar-refractivity contribution in [3.8, 4) is 22.6 Å². The number of sulfonamides is 1. The van der Waals surface area contributed by atoms with E-state index in [1.807, 2.05) is 93.9 Å². The highest BCUT2D eigenvalue weighted by Gasteiger charge is 2.23. The first-order valence-electron chi connectivity index (χ1n) is 18.6. The average Bonchev–Trinajstić information content (AvgIpc) is 3.57. The number of Topliss-reactive ketones (excluding diaryl/α,β-unsaturated/α-hetero) is 1. The first kappa shape index (κ1) is 40.6. The highest BCUT2D eigenvalue weighted by atomic mass is 32.2. The molecule has 0 bridgehead atoms. The lowest BCUT2D eigenvalue weighted by atomic mass is 9.86. The number of rotatable bonds is 14. The van der Waals surface area contributed by atoms with Gasteiger partial charge in [0.25, 0.3) is 5.91 Å². The van der Waals surface area contributed by atoms with Crippen molar-refractivity contribution >= 4 is 44.0 Å². The van der Waals surface area contributed by atoms with Gasteiger partial charge in [-0.05, 0) is 102 Å². The molecule has 6 rings (SSSR count). The molecule has 0 spiro atoms. The number of hydrogen-bond donors (Lipinski definition) is 2. The summed E-state index contributed by atoms with van der Waals surface area (Å²) < 4.78 is 40.2. The van der Waals surface area contributed by atoms with Crippen molar-refractivity contribution in [3.05, 3.63) is 125 Å². The number of imidazole rings is 1. The molecule has 4 aromatic carbocycles. The van der Waals surface area contributed by atoms with Gasteiger partial charge in [-0.1, -0.05) is 39.0 Å². The highest BCUT2D eigenvalue weighted by molar-refractivity contribution is 7.92. The van der Waals surface area contributed by atoms with Crippen LogP contribution in [0.3, 0.4) is 0 Å². The number of nitrogens with one attached hydrogen (secondary N) is 2. The van der Waals surface area contributed by atoms with Crippen LogP contribution in [0, 0.1) is 13.8 Å². The Balaban J connectivity index is 1.19. The minimum Gasteiger partial charge on any atom is -0.496 e. The summed E-state index contributed by atoms with van der Waals surface area (Å²) in [5.41, 5.74) is 6.43. The fourth-order valence-corrected chi connectivity index (χ4v) is 7.24. The summed E-state index contributed by atoms with van der Waals surface area (Å²) in [6.45, 7) is 10.7. The molecule has 13 heteroatoms. The van der Waals surface area contributed by atoms with E-state index in [1.165, 1.54) is 7.11 Å². The fraction of sp³-hybridized carbons (Fsp3) is 0.295. The van der Waals surface area contributed by atoms with Crippen LogP contribution in [0.5, 0.6) is 11.5 Å². The van der Waals surface area contributed by atoms with E-state index < -0.39 is 10.0 Å². The third kappa shape index (κ3) is 9.66. The van der Waals surface area contributed by atoms with Gasteiger partial charge < -0.3 is 19.4 Å². The molecule has 2 N–H and O–H groups in total. The van der Waals surface area contributed by atoms with Gasteiger partial charge in [0.05, 0.1) is 42.9 Å². The molecule has 2 aromatic heterocycles. The molecule has 0 radical (unpaired) electrons. The zero-order valence-corrected chi connectivity index (χ0v) is 34.4. The zero-order chi connectivity index (χ0) is 41.1. The Hall–Kier alpha value is -6.08. The highest BCUT2D eigenvalue weighted by Crippen LogP contribution is 2.39. The SMILES string of the molecule is COc1cc(Cc2ncc3cc(-c4cc(C(=O)Nc5cc(C(C)(C)C)cc(NS(C)(=O)=O)c5OC)ccc4C)ccc3n2)ccc1C(=O)CCCn1ccnc1C. The average molecular weight is 789 g/mol. The van der Waals surface area contributed by atoms with E-state index in [0.717, 1.165) is 57.3 Å². The van der Waals surface area contributed by atoms with Gasteiger partial charge in [-0.3, -0.25) is 14.3 Å². The summed E-state index contributed by atoms with van der Waals surface area (Å²) in [4.78, 5) is 40.6. The van der Waals surface area contributed by atoms with Gasteiger partial charge in [-0.25, -0.2) is 23.4 Å². The molecule has 296 valence electrons. The molecule has 0 saturated heterocycles. The molecule has 2 heterocycles. The first-order chi connectivity index (χ1) is 27.0. The molecule has 0 fully saturated rings. The monoisotopic (exact) mass is 788 g/mol. The lowest BCUT2D eigenvalue weighted by molar-refractivity contribution is 0.0974. The minimum atomic E-state index is -3.63. The minimum absolute atomic E-state index is 0.0273. The number of nitrogens with zero attached hydrogens (tertiary/aromatic N) is 4. The van der Waals surface area contributed by atoms with Crippen LogP contribution in [0.15, 0.2) is 85.3 Å². The number of carbonyl (C=O) groups is 2.